The summed E-state index contributed by atoms with van der Waals surface area (Å²) < 4.78 is 0. The SMILES string of the molecule is CC1=CC(C)NC(c2ccccc2)=C1. The molecule has 1 heteroatoms. The Morgan fingerprint density at radius 2 is 1.86 bits per heavy atom. The number of benzene rings is 1. The minimum absolute atomic E-state index is 0.426. The number of nitrogens with one attached hydrogen (secondary N) is 1. The van der Waals surface area contributed by atoms with E-state index in [9.17, 15) is 0 Å². The Morgan fingerprint density at radius 3 is 2.50 bits per heavy atom. The minimum atomic E-state index is 0.426. The lowest BCUT2D eigenvalue weighted by atomic mass is 10.0. The molecule has 0 fully saturated rings. The molecule has 1 nitrogen and oxygen atoms in total. The van der Waals surface area contributed by atoms with E-state index < -0.39 is 0 Å². The first-order valence-electron chi connectivity index (χ1n) is 4.98. The lowest BCUT2D eigenvalue weighted by molar-refractivity contribution is 0.771. The van der Waals surface area contributed by atoms with Gasteiger partial charge in [-0.15, -0.1) is 0 Å². The van der Waals surface area contributed by atoms with E-state index in [1.165, 1.54) is 16.8 Å². The highest BCUT2D eigenvalue weighted by molar-refractivity contribution is 5.68. The molecular weight excluding hydrogens is 170 g/mol. The van der Waals surface area contributed by atoms with Crippen LogP contribution in [0.15, 0.2) is 48.1 Å². The van der Waals surface area contributed by atoms with Gasteiger partial charge in [-0.25, -0.2) is 0 Å². The van der Waals surface area contributed by atoms with E-state index in [1.54, 1.807) is 0 Å². The largest absolute Gasteiger partial charge is 0.379 e. The summed E-state index contributed by atoms with van der Waals surface area (Å²) >= 11 is 0. The second-order valence-electron chi connectivity index (χ2n) is 3.77. The molecule has 1 unspecified atom stereocenters. The zero-order valence-electron chi connectivity index (χ0n) is 8.62. The molecule has 1 atom stereocenters. The average Bonchev–Trinajstić information content (AvgIpc) is 2.18. The summed E-state index contributed by atoms with van der Waals surface area (Å²) in [6.45, 7) is 4.31. The third kappa shape index (κ3) is 1.87. The summed E-state index contributed by atoms with van der Waals surface area (Å²) in [5, 5.41) is 3.45. The molecule has 0 spiro atoms. The summed E-state index contributed by atoms with van der Waals surface area (Å²) in [7, 11) is 0. The van der Waals surface area contributed by atoms with Crippen molar-refractivity contribution < 1.29 is 0 Å². The highest BCUT2D eigenvalue weighted by Gasteiger charge is 2.08. The van der Waals surface area contributed by atoms with Crippen molar-refractivity contribution in [3.05, 3.63) is 53.6 Å². The van der Waals surface area contributed by atoms with E-state index in [4.69, 9.17) is 0 Å². The standard InChI is InChI=1S/C13H15N/c1-10-8-11(2)14-13(9-10)12-6-4-3-5-7-12/h3-9,11,14H,1-2H3. The highest BCUT2D eigenvalue weighted by atomic mass is 14.9. The first kappa shape index (κ1) is 9.07. The first-order valence-corrected chi connectivity index (χ1v) is 4.98. The zero-order valence-corrected chi connectivity index (χ0v) is 8.62. The van der Waals surface area contributed by atoms with E-state index in [1.807, 2.05) is 6.07 Å². The van der Waals surface area contributed by atoms with Crippen LogP contribution in [-0.2, 0) is 0 Å². The molecule has 0 amide bonds. The smallest absolute Gasteiger partial charge is 0.0421 e. The lowest BCUT2D eigenvalue weighted by Gasteiger charge is -2.20. The number of hydrogen-bond acceptors (Lipinski definition) is 1. The van der Waals surface area contributed by atoms with Gasteiger partial charge < -0.3 is 5.32 Å². The molecule has 72 valence electrons. The molecule has 0 aromatic heterocycles. The Hall–Kier alpha value is -1.50. The fraction of sp³-hybridized carbons (Fsp3) is 0.231. The molecule has 1 aromatic rings. The highest BCUT2D eigenvalue weighted by Crippen LogP contribution is 2.18. The molecule has 1 aliphatic heterocycles. The van der Waals surface area contributed by atoms with Crippen LogP contribution >= 0.6 is 0 Å². The van der Waals surface area contributed by atoms with Gasteiger partial charge in [0, 0.05) is 11.7 Å². The lowest BCUT2D eigenvalue weighted by Crippen LogP contribution is -2.25. The molecule has 1 aromatic carbocycles. The molecule has 2 rings (SSSR count). The topological polar surface area (TPSA) is 12.0 Å². The van der Waals surface area contributed by atoms with Crippen molar-refractivity contribution in [3.63, 3.8) is 0 Å². The molecule has 0 radical (unpaired) electrons. The normalized spacial score (nSPS) is 20.9. The number of hydrogen-bond donors (Lipinski definition) is 1. The van der Waals surface area contributed by atoms with Crippen LogP contribution in [0.1, 0.15) is 19.4 Å². The van der Waals surface area contributed by atoms with Crippen molar-refractivity contribution in [1.29, 1.82) is 0 Å². The van der Waals surface area contributed by atoms with Gasteiger partial charge in [-0.1, -0.05) is 42.0 Å². The Balaban J connectivity index is 2.33. The fourth-order valence-electron chi connectivity index (χ4n) is 1.78. The van der Waals surface area contributed by atoms with Crippen LogP contribution in [-0.4, -0.2) is 6.04 Å². The van der Waals surface area contributed by atoms with Crippen molar-refractivity contribution in [2.45, 2.75) is 19.9 Å². The van der Waals surface area contributed by atoms with Crippen molar-refractivity contribution >= 4 is 5.70 Å². The second-order valence-corrected chi connectivity index (χ2v) is 3.77. The van der Waals surface area contributed by atoms with Crippen molar-refractivity contribution in [2.75, 3.05) is 0 Å². The summed E-state index contributed by atoms with van der Waals surface area (Å²) in [4.78, 5) is 0. The first-order chi connectivity index (χ1) is 6.75. The molecule has 1 heterocycles. The predicted octanol–water partition coefficient (Wildman–Crippen LogP) is 2.97. The predicted molar refractivity (Wildman–Crippen MR) is 60.8 cm³/mol. The van der Waals surface area contributed by atoms with Gasteiger partial charge in [0.15, 0.2) is 0 Å². The van der Waals surface area contributed by atoms with E-state index in [-0.39, 0.29) is 0 Å². The van der Waals surface area contributed by atoms with Gasteiger partial charge in [0.05, 0.1) is 0 Å². The molecule has 14 heavy (non-hydrogen) atoms. The van der Waals surface area contributed by atoms with Gasteiger partial charge in [0.25, 0.3) is 0 Å². The van der Waals surface area contributed by atoms with Crippen LogP contribution in [0.4, 0.5) is 0 Å². The molecule has 1 aliphatic rings. The number of allylic oxidation sites excluding steroid dienone is 2. The van der Waals surface area contributed by atoms with Crippen molar-refractivity contribution in [1.82, 2.24) is 5.32 Å². The fourth-order valence-corrected chi connectivity index (χ4v) is 1.78. The molecule has 0 aliphatic carbocycles. The monoisotopic (exact) mass is 185 g/mol. The molecule has 0 bridgehead atoms. The van der Waals surface area contributed by atoms with Gasteiger partial charge in [0.2, 0.25) is 0 Å². The van der Waals surface area contributed by atoms with Crippen molar-refractivity contribution in [3.8, 4) is 0 Å². The maximum atomic E-state index is 3.45. The van der Waals surface area contributed by atoms with Crippen molar-refractivity contribution in [2.24, 2.45) is 0 Å². The van der Waals surface area contributed by atoms with Gasteiger partial charge in [0.1, 0.15) is 0 Å². The molecule has 0 saturated heterocycles. The summed E-state index contributed by atoms with van der Waals surface area (Å²) in [6.07, 6.45) is 4.42. The van der Waals surface area contributed by atoms with Crippen LogP contribution in [0.5, 0.6) is 0 Å². The van der Waals surface area contributed by atoms with Crippen LogP contribution in [0.3, 0.4) is 0 Å². The van der Waals surface area contributed by atoms with Gasteiger partial charge in [-0.3, -0.25) is 0 Å². The van der Waals surface area contributed by atoms with Crippen LogP contribution in [0, 0.1) is 0 Å². The van der Waals surface area contributed by atoms with Gasteiger partial charge in [-0.05, 0) is 25.5 Å². The molecular formula is C13H15N. The quantitative estimate of drug-likeness (QED) is 0.709. The van der Waals surface area contributed by atoms with Crippen LogP contribution < -0.4 is 5.32 Å². The zero-order chi connectivity index (χ0) is 9.97. The van der Waals surface area contributed by atoms with E-state index in [0.29, 0.717) is 6.04 Å². The Morgan fingerprint density at radius 1 is 1.14 bits per heavy atom. The van der Waals surface area contributed by atoms with E-state index in [2.05, 4.69) is 55.6 Å². The Bertz CT molecular complexity index is 373. The maximum absolute atomic E-state index is 3.45. The summed E-state index contributed by atoms with van der Waals surface area (Å²) in [6, 6.07) is 10.9. The van der Waals surface area contributed by atoms with E-state index in [0.717, 1.165) is 0 Å². The Kier molecular flexibility index (Phi) is 2.40. The van der Waals surface area contributed by atoms with Gasteiger partial charge >= 0.3 is 0 Å². The van der Waals surface area contributed by atoms with Gasteiger partial charge in [-0.2, -0.15) is 0 Å². The molecule has 0 saturated carbocycles. The Labute approximate surface area is 85.2 Å². The average molecular weight is 185 g/mol. The number of dihydropyridines is 1. The van der Waals surface area contributed by atoms with Crippen LogP contribution in [0.25, 0.3) is 5.70 Å². The third-order valence-electron chi connectivity index (χ3n) is 2.35. The third-order valence-corrected chi connectivity index (χ3v) is 2.35. The summed E-state index contributed by atoms with van der Waals surface area (Å²) in [5.74, 6) is 0. The molecule has 1 N–H and O–H groups in total. The van der Waals surface area contributed by atoms with E-state index >= 15 is 0 Å². The second kappa shape index (κ2) is 3.70. The van der Waals surface area contributed by atoms with Crippen LogP contribution in [0.2, 0.25) is 0 Å². The summed E-state index contributed by atoms with van der Waals surface area (Å²) in [5.41, 5.74) is 3.81. The number of rotatable bonds is 1. The maximum Gasteiger partial charge on any atom is 0.0421 e. The minimum Gasteiger partial charge on any atom is -0.379 e.